The Kier molecular flexibility index (Phi) is 5.35. The van der Waals surface area contributed by atoms with E-state index in [1.54, 1.807) is 12.1 Å². The smallest absolute Gasteiger partial charge is 0.254 e. The summed E-state index contributed by atoms with van der Waals surface area (Å²) in [6.45, 7) is 3.55. The molecule has 1 fully saturated rings. The number of imidazole rings is 1. The number of para-hydroxylation sites is 2. The summed E-state index contributed by atoms with van der Waals surface area (Å²) in [4.78, 5) is 22.0. The van der Waals surface area contributed by atoms with Crippen molar-refractivity contribution in [3.05, 3.63) is 95.0 Å². The molecule has 156 valence electrons. The minimum absolute atomic E-state index is 0.0277. The first kappa shape index (κ1) is 19.6. The number of benzene rings is 3. The number of carbonyl (C=O) groups is 1. The molecular formula is C25H23ClN4O. The van der Waals surface area contributed by atoms with E-state index in [0.717, 1.165) is 36.6 Å². The highest BCUT2D eigenvalue weighted by Gasteiger charge is 2.25. The largest absolute Gasteiger partial charge is 0.339 e. The second-order valence-electron chi connectivity index (χ2n) is 7.76. The van der Waals surface area contributed by atoms with E-state index in [9.17, 15) is 4.79 Å². The summed E-state index contributed by atoms with van der Waals surface area (Å²) in [7, 11) is 0. The highest BCUT2D eigenvalue weighted by Crippen LogP contribution is 2.25. The van der Waals surface area contributed by atoms with Crippen molar-refractivity contribution in [3.63, 3.8) is 0 Å². The number of nitrogens with zero attached hydrogens (tertiary/aromatic N) is 4. The maximum Gasteiger partial charge on any atom is 0.254 e. The Bertz CT molecular complexity index is 1210. The highest BCUT2D eigenvalue weighted by atomic mass is 35.5. The van der Waals surface area contributed by atoms with Gasteiger partial charge in [-0.15, -0.1) is 0 Å². The van der Waals surface area contributed by atoms with Crippen LogP contribution in [0.1, 0.15) is 15.9 Å². The summed E-state index contributed by atoms with van der Waals surface area (Å²) < 4.78 is 2.28. The lowest BCUT2D eigenvalue weighted by Gasteiger charge is -2.35. The molecular weight excluding hydrogens is 408 g/mol. The van der Waals surface area contributed by atoms with Gasteiger partial charge in [-0.3, -0.25) is 4.79 Å². The van der Waals surface area contributed by atoms with Gasteiger partial charge in [0.15, 0.2) is 0 Å². The first-order valence-electron chi connectivity index (χ1n) is 10.5. The zero-order chi connectivity index (χ0) is 21.2. The van der Waals surface area contributed by atoms with Crippen LogP contribution in [-0.2, 0) is 6.54 Å². The number of fused-ring (bicyclic) bond motifs is 1. The molecule has 0 atom stereocenters. The van der Waals surface area contributed by atoms with Crippen LogP contribution in [-0.4, -0.2) is 46.5 Å². The summed E-state index contributed by atoms with van der Waals surface area (Å²) >= 11 is 6.06. The molecule has 0 radical (unpaired) electrons. The molecule has 2 heterocycles. The van der Waals surface area contributed by atoms with Crippen molar-refractivity contribution in [2.45, 2.75) is 6.54 Å². The van der Waals surface area contributed by atoms with Crippen LogP contribution in [0.4, 0.5) is 5.95 Å². The Morgan fingerprint density at radius 3 is 2.39 bits per heavy atom. The third-order valence-corrected chi connectivity index (χ3v) is 5.97. The van der Waals surface area contributed by atoms with Gasteiger partial charge in [-0.2, -0.15) is 0 Å². The van der Waals surface area contributed by atoms with Crippen LogP contribution >= 0.6 is 11.6 Å². The summed E-state index contributed by atoms with van der Waals surface area (Å²) in [5.74, 6) is 0.986. The molecule has 1 aromatic heterocycles. The quantitative estimate of drug-likeness (QED) is 0.471. The number of carbonyl (C=O) groups excluding carboxylic acids is 1. The second-order valence-corrected chi connectivity index (χ2v) is 8.20. The third kappa shape index (κ3) is 4.01. The van der Waals surface area contributed by atoms with Crippen molar-refractivity contribution in [3.8, 4) is 0 Å². The minimum Gasteiger partial charge on any atom is -0.339 e. The standard InChI is InChI=1S/C25H23ClN4O/c26-21-10-6-9-20(17-21)24(31)28-13-15-29(16-14-28)25-27-22-11-4-5-12-23(22)30(25)18-19-7-2-1-3-8-19/h1-12,17H,13-16,18H2. The van der Waals surface area contributed by atoms with E-state index in [1.807, 2.05) is 29.2 Å². The molecule has 0 bridgehead atoms. The maximum atomic E-state index is 12.9. The zero-order valence-corrected chi connectivity index (χ0v) is 17.9. The van der Waals surface area contributed by atoms with Crippen LogP contribution in [0.2, 0.25) is 5.02 Å². The Morgan fingerprint density at radius 1 is 0.871 bits per heavy atom. The van der Waals surface area contributed by atoms with Gasteiger partial charge in [-0.25, -0.2) is 4.98 Å². The van der Waals surface area contributed by atoms with Crippen LogP contribution in [0.5, 0.6) is 0 Å². The zero-order valence-electron chi connectivity index (χ0n) is 17.1. The number of hydrogen-bond acceptors (Lipinski definition) is 3. The monoisotopic (exact) mass is 430 g/mol. The van der Waals surface area contributed by atoms with E-state index >= 15 is 0 Å². The van der Waals surface area contributed by atoms with Crippen LogP contribution in [0.25, 0.3) is 11.0 Å². The Balaban J connectivity index is 1.38. The second kappa shape index (κ2) is 8.44. The average Bonchev–Trinajstić information content (AvgIpc) is 3.18. The molecule has 5 rings (SSSR count). The molecule has 1 aliphatic rings. The molecule has 3 aromatic carbocycles. The predicted octanol–water partition coefficient (Wildman–Crippen LogP) is 4.70. The molecule has 5 nitrogen and oxygen atoms in total. The summed E-state index contributed by atoms with van der Waals surface area (Å²) in [5, 5.41) is 0.583. The molecule has 0 saturated carbocycles. The Morgan fingerprint density at radius 2 is 1.61 bits per heavy atom. The molecule has 0 spiro atoms. The van der Waals surface area contributed by atoms with E-state index in [4.69, 9.17) is 16.6 Å². The van der Waals surface area contributed by atoms with Gasteiger partial charge in [0.25, 0.3) is 5.91 Å². The Labute approximate surface area is 186 Å². The maximum absolute atomic E-state index is 12.9. The lowest BCUT2D eigenvalue weighted by molar-refractivity contribution is 0.0746. The number of anilines is 1. The van der Waals surface area contributed by atoms with E-state index in [1.165, 1.54) is 5.56 Å². The molecule has 0 aliphatic carbocycles. The van der Waals surface area contributed by atoms with E-state index in [2.05, 4.69) is 51.9 Å². The minimum atomic E-state index is 0.0277. The third-order valence-electron chi connectivity index (χ3n) is 5.74. The van der Waals surface area contributed by atoms with Gasteiger partial charge in [0.2, 0.25) is 5.95 Å². The fourth-order valence-electron chi connectivity index (χ4n) is 4.14. The lowest BCUT2D eigenvalue weighted by Crippen LogP contribution is -2.49. The number of amides is 1. The molecule has 6 heteroatoms. The average molecular weight is 431 g/mol. The molecule has 1 aliphatic heterocycles. The predicted molar refractivity (Wildman–Crippen MR) is 125 cm³/mol. The summed E-state index contributed by atoms with van der Waals surface area (Å²) in [6.07, 6.45) is 0. The van der Waals surface area contributed by atoms with Crippen LogP contribution < -0.4 is 4.90 Å². The molecule has 31 heavy (non-hydrogen) atoms. The van der Waals surface area contributed by atoms with Crippen molar-refractivity contribution in [1.29, 1.82) is 0 Å². The molecule has 0 unspecified atom stereocenters. The molecule has 4 aromatic rings. The van der Waals surface area contributed by atoms with Gasteiger partial charge in [0.1, 0.15) is 0 Å². The normalized spacial score (nSPS) is 14.2. The topological polar surface area (TPSA) is 41.4 Å². The first-order chi connectivity index (χ1) is 15.2. The van der Waals surface area contributed by atoms with Crippen molar-refractivity contribution < 1.29 is 4.79 Å². The van der Waals surface area contributed by atoms with Gasteiger partial charge < -0.3 is 14.4 Å². The number of piperazine rings is 1. The van der Waals surface area contributed by atoms with E-state index in [0.29, 0.717) is 23.7 Å². The van der Waals surface area contributed by atoms with E-state index in [-0.39, 0.29) is 5.91 Å². The van der Waals surface area contributed by atoms with Gasteiger partial charge in [-0.05, 0) is 35.9 Å². The fourth-order valence-corrected chi connectivity index (χ4v) is 4.33. The number of halogens is 1. The van der Waals surface area contributed by atoms with E-state index < -0.39 is 0 Å². The van der Waals surface area contributed by atoms with Crippen LogP contribution in [0.3, 0.4) is 0 Å². The van der Waals surface area contributed by atoms with Crippen LogP contribution in [0, 0.1) is 0 Å². The van der Waals surface area contributed by atoms with Crippen molar-refractivity contribution >= 4 is 34.5 Å². The van der Waals surface area contributed by atoms with Gasteiger partial charge in [0, 0.05) is 36.8 Å². The SMILES string of the molecule is O=C(c1cccc(Cl)c1)N1CCN(c2nc3ccccc3n2Cc2ccccc2)CC1. The number of hydrogen-bond donors (Lipinski definition) is 0. The van der Waals surface area contributed by atoms with Gasteiger partial charge in [-0.1, -0.05) is 60.1 Å². The molecule has 0 N–H and O–H groups in total. The Hall–Kier alpha value is -3.31. The summed E-state index contributed by atoms with van der Waals surface area (Å²) in [6, 6.07) is 25.8. The highest BCUT2D eigenvalue weighted by molar-refractivity contribution is 6.30. The summed E-state index contributed by atoms with van der Waals surface area (Å²) in [5.41, 5.74) is 3.99. The first-order valence-corrected chi connectivity index (χ1v) is 10.9. The number of rotatable bonds is 4. The molecule has 1 amide bonds. The van der Waals surface area contributed by atoms with Crippen molar-refractivity contribution in [2.75, 3.05) is 31.1 Å². The lowest BCUT2D eigenvalue weighted by atomic mass is 10.2. The molecule has 1 saturated heterocycles. The van der Waals surface area contributed by atoms with Crippen molar-refractivity contribution in [1.82, 2.24) is 14.5 Å². The number of aromatic nitrogens is 2. The van der Waals surface area contributed by atoms with Gasteiger partial charge in [0.05, 0.1) is 17.6 Å². The van der Waals surface area contributed by atoms with Crippen LogP contribution in [0.15, 0.2) is 78.9 Å². The fraction of sp³-hybridized carbons (Fsp3) is 0.200. The van der Waals surface area contributed by atoms with Crippen molar-refractivity contribution in [2.24, 2.45) is 0 Å². The van der Waals surface area contributed by atoms with Gasteiger partial charge >= 0.3 is 0 Å².